The summed E-state index contributed by atoms with van der Waals surface area (Å²) in [5, 5.41) is 3.46. The molecule has 1 aromatic heterocycles. The third kappa shape index (κ3) is 6.34. The first-order chi connectivity index (χ1) is 16.0. The number of benzene rings is 1. The second-order valence-corrected chi connectivity index (χ2v) is 11.9. The molecule has 4 rings (SSSR count). The van der Waals surface area contributed by atoms with Crippen LogP contribution in [0.15, 0.2) is 36.7 Å². The second-order valence-electron chi connectivity index (χ2n) is 9.74. The molecule has 0 aliphatic carbocycles. The molecule has 5 nitrogen and oxygen atoms in total. The lowest BCUT2D eigenvalue weighted by Crippen LogP contribution is -2.52. The Morgan fingerprint density at radius 3 is 2.55 bits per heavy atom. The number of aromatic nitrogens is 1. The van der Waals surface area contributed by atoms with Crippen LogP contribution in [0.25, 0.3) is 0 Å². The quantitative estimate of drug-likeness (QED) is 0.282. The fourth-order valence-electron chi connectivity index (χ4n) is 5.62. The Kier molecular flexibility index (Phi) is 8.77. The van der Waals surface area contributed by atoms with Crippen molar-refractivity contribution in [2.45, 2.75) is 51.5 Å². The lowest BCUT2D eigenvalue weighted by Gasteiger charge is -2.44. The van der Waals surface area contributed by atoms with E-state index < -0.39 is 20.7 Å². The van der Waals surface area contributed by atoms with Crippen LogP contribution >= 0.6 is 20.7 Å². The summed E-state index contributed by atoms with van der Waals surface area (Å²) < 4.78 is 2.56. The monoisotopic (exact) mass is 562 g/mol. The molecule has 33 heavy (non-hydrogen) atoms. The summed E-state index contributed by atoms with van der Waals surface area (Å²) >= 11 is -0.594. The van der Waals surface area contributed by atoms with Crippen molar-refractivity contribution in [1.29, 1.82) is 0 Å². The van der Waals surface area contributed by atoms with E-state index in [0.29, 0.717) is 21.8 Å². The van der Waals surface area contributed by atoms with Crippen molar-refractivity contribution in [3.8, 4) is 0 Å². The SMILES string of the molecule is CNCC(C1CCN(C(=O)I=Cc2cccc(C)c2)CC1)N1CCC(c2c[nH]cc2C)CC1. The van der Waals surface area contributed by atoms with E-state index in [0.717, 1.165) is 32.5 Å². The molecule has 1 aromatic carbocycles. The van der Waals surface area contributed by atoms with Gasteiger partial charge in [0, 0.05) is 38.1 Å². The average Bonchev–Trinajstić information content (AvgIpc) is 3.27. The van der Waals surface area contributed by atoms with Crippen molar-refractivity contribution in [1.82, 2.24) is 20.1 Å². The zero-order valence-electron chi connectivity index (χ0n) is 20.3. The second kappa shape index (κ2) is 11.8. The maximum absolute atomic E-state index is 12.9. The number of halogens is 1. The number of hydrogen-bond donors (Lipinski definition) is 2. The van der Waals surface area contributed by atoms with Gasteiger partial charge in [0.1, 0.15) is 0 Å². The third-order valence-corrected chi connectivity index (χ3v) is 9.74. The van der Waals surface area contributed by atoms with Crippen LogP contribution in [0.2, 0.25) is 0 Å². The molecule has 3 heterocycles. The molecule has 2 aliphatic heterocycles. The lowest BCUT2D eigenvalue weighted by atomic mass is 9.84. The van der Waals surface area contributed by atoms with E-state index in [1.165, 1.54) is 48.2 Å². The van der Waals surface area contributed by atoms with Crippen LogP contribution in [-0.4, -0.2) is 68.5 Å². The number of amides is 1. The molecular weight excluding hydrogens is 523 g/mol. The van der Waals surface area contributed by atoms with Gasteiger partial charge in [-0.15, -0.1) is 0 Å². The molecule has 1 atom stereocenters. The molecule has 1 unspecified atom stereocenters. The highest BCUT2D eigenvalue weighted by Crippen LogP contribution is 2.33. The van der Waals surface area contributed by atoms with Crippen LogP contribution in [0, 0.1) is 19.8 Å². The van der Waals surface area contributed by atoms with E-state index in [4.69, 9.17) is 0 Å². The first-order valence-corrected chi connectivity index (χ1v) is 14.7. The summed E-state index contributed by atoms with van der Waals surface area (Å²) in [6.07, 6.45) is 9.07. The van der Waals surface area contributed by atoms with Crippen LogP contribution in [0.4, 0.5) is 4.79 Å². The lowest BCUT2D eigenvalue weighted by molar-refractivity contribution is 0.0789. The summed E-state index contributed by atoms with van der Waals surface area (Å²) in [6.45, 7) is 9.57. The standard InChI is InChI=1S/C27H39IN4O/c1-20-5-4-6-22(15-20)16-28-27(33)32-13-9-24(10-14-32)26(19-29-3)31-11-7-23(8-12-31)25-18-30-17-21(25)2/h4-6,15-18,23-24,26,29-30H,7-14,19H2,1-3H3. The number of nitrogens with one attached hydrogen (secondary N) is 2. The number of nitrogens with zero attached hydrogens (tertiary/aromatic N) is 2. The highest BCUT2D eigenvalue weighted by atomic mass is 127. The van der Waals surface area contributed by atoms with Crippen molar-refractivity contribution in [2.24, 2.45) is 5.92 Å². The van der Waals surface area contributed by atoms with Gasteiger partial charge in [-0.05, 0) is 113 Å². The molecule has 2 fully saturated rings. The van der Waals surface area contributed by atoms with Crippen molar-refractivity contribution in [2.75, 3.05) is 39.8 Å². The van der Waals surface area contributed by atoms with E-state index in [1.54, 1.807) is 0 Å². The van der Waals surface area contributed by atoms with Gasteiger partial charge in [0.25, 0.3) is 3.91 Å². The van der Waals surface area contributed by atoms with E-state index in [9.17, 15) is 4.79 Å². The number of carbonyl (C=O) groups excluding carboxylic acids is 1. The zero-order chi connectivity index (χ0) is 23.2. The Balaban J connectivity index is 1.29. The van der Waals surface area contributed by atoms with E-state index in [2.05, 4.69) is 81.7 Å². The number of likely N-dealkylation sites (N-methyl/N-ethyl adjacent to an activating group) is 1. The number of H-pyrrole nitrogens is 1. The minimum atomic E-state index is -0.594. The van der Waals surface area contributed by atoms with Crippen LogP contribution in [0.5, 0.6) is 0 Å². The number of hydrogen-bond acceptors (Lipinski definition) is 3. The van der Waals surface area contributed by atoms with E-state index in [1.807, 2.05) is 0 Å². The molecule has 0 radical (unpaired) electrons. The average molecular weight is 563 g/mol. The minimum Gasteiger partial charge on any atom is -0.367 e. The van der Waals surface area contributed by atoms with Crippen molar-refractivity contribution < 1.29 is 4.79 Å². The van der Waals surface area contributed by atoms with E-state index >= 15 is 0 Å². The van der Waals surface area contributed by atoms with Gasteiger partial charge in [0.15, 0.2) is 0 Å². The Morgan fingerprint density at radius 1 is 1.15 bits per heavy atom. The van der Waals surface area contributed by atoms with Gasteiger partial charge < -0.3 is 15.2 Å². The summed E-state index contributed by atoms with van der Waals surface area (Å²) in [5.41, 5.74) is 5.36. The molecule has 6 heteroatoms. The third-order valence-electron chi connectivity index (χ3n) is 7.49. The number of aromatic amines is 1. The maximum Gasteiger partial charge on any atom is 0.277 e. The highest BCUT2D eigenvalue weighted by molar-refractivity contribution is 14.2. The topological polar surface area (TPSA) is 51.4 Å². The van der Waals surface area contributed by atoms with Crippen molar-refractivity contribution in [3.63, 3.8) is 0 Å². The molecule has 0 saturated carbocycles. The first-order valence-electron chi connectivity index (χ1n) is 12.4. The fourth-order valence-corrected chi connectivity index (χ4v) is 7.51. The Labute approximate surface area is 209 Å². The molecule has 180 valence electrons. The van der Waals surface area contributed by atoms with Gasteiger partial charge >= 0.3 is 0 Å². The fraction of sp³-hybridized carbons (Fsp3) is 0.556. The van der Waals surface area contributed by atoms with Crippen molar-refractivity contribution >= 4 is 28.7 Å². The summed E-state index contributed by atoms with van der Waals surface area (Å²) in [5.74, 6) is 1.36. The molecule has 0 bridgehead atoms. The highest BCUT2D eigenvalue weighted by Gasteiger charge is 2.33. The predicted octanol–water partition coefficient (Wildman–Crippen LogP) is 5.05. The van der Waals surface area contributed by atoms with Gasteiger partial charge in [-0.25, -0.2) is 0 Å². The Bertz CT molecular complexity index is 939. The van der Waals surface area contributed by atoms with Gasteiger partial charge in [-0.3, -0.25) is 9.69 Å². The molecule has 2 saturated heterocycles. The normalized spacial score (nSPS) is 20.2. The largest absolute Gasteiger partial charge is 0.367 e. The van der Waals surface area contributed by atoms with Gasteiger partial charge in [-0.2, -0.15) is 0 Å². The molecular formula is C27H39IN4O. The minimum absolute atomic E-state index is 0.376. The number of aryl methyl sites for hydroxylation is 2. The summed E-state index contributed by atoms with van der Waals surface area (Å²) in [4.78, 5) is 21.0. The number of piperidine rings is 2. The number of rotatable bonds is 7. The Hall–Kier alpha value is -1.51. The van der Waals surface area contributed by atoms with Crippen LogP contribution in [0.3, 0.4) is 0 Å². The smallest absolute Gasteiger partial charge is 0.277 e. The molecule has 2 N–H and O–H groups in total. The Morgan fingerprint density at radius 2 is 1.91 bits per heavy atom. The summed E-state index contributed by atoms with van der Waals surface area (Å²) in [7, 11) is 2.08. The molecule has 0 spiro atoms. The molecule has 1 amide bonds. The maximum atomic E-state index is 12.9. The van der Waals surface area contributed by atoms with Crippen LogP contribution in [0.1, 0.15) is 53.9 Å². The van der Waals surface area contributed by atoms with Crippen LogP contribution in [-0.2, 0) is 0 Å². The zero-order valence-corrected chi connectivity index (χ0v) is 22.5. The van der Waals surface area contributed by atoms with Gasteiger partial charge in [0.05, 0.1) is 0 Å². The molecule has 2 aliphatic rings. The molecule has 2 aromatic rings. The van der Waals surface area contributed by atoms with Crippen molar-refractivity contribution in [3.05, 3.63) is 58.9 Å². The number of carbonyl (C=O) groups is 1. The summed E-state index contributed by atoms with van der Waals surface area (Å²) in [6, 6.07) is 9.03. The predicted molar refractivity (Wildman–Crippen MR) is 147 cm³/mol. The van der Waals surface area contributed by atoms with E-state index in [-0.39, 0.29) is 0 Å². The first kappa shape index (κ1) is 24.6. The van der Waals surface area contributed by atoms with Crippen LogP contribution < -0.4 is 5.32 Å². The van der Waals surface area contributed by atoms with Gasteiger partial charge in [0.2, 0.25) is 0 Å². The van der Waals surface area contributed by atoms with Gasteiger partial charge in [-0.1, -0.05) is 29.8 Å². The number of likely N-dealkylation sites (tertiary alicyclic amines) is 2.